The molecule has 0 bridgehead atoms. The molecule has 2 aliphatic carbocycles. The van der Waals surface area contributed by atoms with Crippen molar-refractivity contribution in [2.24, 2.45) is 22.7 Å². The highest BCUT2D eigenvalue weighted by atomic mass is 28.4. The van der Waals surface area contributed by atoms with Crippen LogP contribution in [0.3, 0.4) is 0 Å². The predicted molar refractivity (Wildman–Crippen MR) is 129 cm³/mol. The van der Waals surface area contributed by atoms with E-state index in [9.17, 15) is 9.90 Å². The number of rotatable bonds is 9. The van der Waals surface area contributed by atoms with Crippen LogP contribution in [-0.4, -0.2) is 31.4 Å². The van der Waals surface area contributed by atoms with E-state index >= 15 is 0 Å². The minimum Gasteiger partial charge on any atom is -0.414 e. The molecule has 0 amide bonds. The monoisotopic (exact) mass is 438 g/mol. The second-order valence-corrected chi connectivity index (χ2v) is 18.0. The Balaban J connectivity index is 2.22. The quantitative estimate of drug-likeness (QED) is 0.307. The summed E-state index contributed by atoms with van der Waals surface area (Å²) in [5.74, 6) is 1.18. The lowest BCUT2D eigenvalue weighted by Crippen LogP contribution is -2.51. The zero-order valence-corrected chi connectivity index (χ0v) is 22.4. The number of carbonyl (C=O) groups is 1. The number of aldehydes is 1. The largest absolute Gasteiger partial charge is 0.414 e. The number of fused-ring (bicyclic) bond motifs is 1. The van der Waals surface area contributed by atoms with Crippen LogP contribution in [0.15, 0.2) is 0 Å². The van der Waals surface area contributed by atoms with Crippen molar-refractivity contribution >= 4 is 14.6 Å². The van der Waals surface area contributed by atoms with Crippen LogP contribution in [0.2, 0.25) is 18.1 Å². The summed E-state index contributed by atoms with van der Waals surface area (Å²) < 4.78 is 7.01. The molecule has 3 nitrogen and oxygen atoms in total. The second-order valence-electron chi connectivity index (χ2n) is 13.2. The van der Waals surface area contributed by atoms with Crippen molar-refractivity contribution in [3.8, 4) is 0 Å². The normalized spacial score (nSPS) is 32.5. The van der Waals surface area contributed by atoms with Gasteiger partial charge in [0.1, 0.15) is 6.29 Å². The first-order valence-electron chi connectivity index (χ1n) is 12.4. The molecule has 30 heavy (non-hydrogen) atoms. The third kappa shape index (κ3) is 5.59. The van der Waals surface area contributed by atoms with Gasteiger partial charge in [-0.2, -0.15) is 0 Å². The molecule has 2 saturated carbocycles. The van der Waals surface area contributed by atoms with Gasteiger partial charge in [0.05, 0.1) is 5.60 Å². The van der Waals surface area contributed by atoms with Gasteiger partial charge in [-0.3, -0.25) is 0 Å². The van der Waals surface area contributed by atoms with E-state index in [4.69, 9.17) is 4.43 Å². The average molecular weight is 439 g/mol. The molecule has 0 spiro atoms. The Hall–Kier alpha value is -0.193. The van der Waals surface area contributed by atoms with Crippen molar-refractivity contribution in [1.29, 1.82) is 0 Å². The first-order valence-corrected chi connectivity index (χ1v) is 15.3. The Labute approximate surface area is 187 Å². The fourth-order valence-corrected chi connectivity index (χ4v) is 7.89. The van der Waals surface area contributed by atoms with Crippen LogP contribution in [0.4, 0.5) is 0 Å². The van der Waals surface area contributed by atoms with Gasteiger partial charge in [-0.05, 0) is 93.2 Å². The zero-order valence-electron chi connectivity index (χ0n) is 21.4. The maximum atomic E-state index is 11.7. The Morgan fingerprint density at radius 3 is 2.23 bits per heavy atom. The lowest BCUT2D eigenvalue weighted by Gasteiger charge is -2.52. The first kappa shape index (κ1) is 26.1. The van der Waals surface area contributed by atoms with E-state index in [1.165, 1.54) is 32.1 Å². The maximum absolute atomic E-state index is 11.7. The predicted octanol–water partition coefficient (Wildman–Crippen LogP) is 7.13. The summed E-state index contributed by atoms with van der Waals surface area (Å²) in [6.45, 7) is 20.4. The summed E-state index contributed by atoms with van der Waals surface area (Å²) in [7, 11) is -1.79. The average Bonchev–Trinajstić information content (AvgIpc) is 2.91. The highest BCUT2D eigenvalue weighted by molar-refractivity contribution is 6.74. The first-order chi connectivity index (χ1) is 13.6. The molecule has 0 aromatic heterocycles. The zero-order chi connectivity index (χ0) is 23.0. The molecule has 1 unspecified atom stereocenters. The number of hydrogen-bond acceptors (Lipinski definition) is 3. The molecule has 1 N–H and O–H groups in total. The van der Waals surface area contributed by atoms with E-state index in [2.05, 4.69) is 47.7 Å². The van der Waals surface area contributed by atoms with Gasteiger partial charge >= 0.3 is 0 Å². The molecular weight excluding hydrogens is 388 g/mol. The van der Waals surface area contributed by atoms with E-state index in [0.29, 0.717) is 24.4 Å². The van der Waals surface area contributed by atoms with Gasteiger partial charge in [-0.1, -0.05) is 47.5 Å². The molecule has 0 aromatic rings. The fraction of sp³-hybridized carbons (Fsp3) is 0.962. The van der Waals surface area contributed by atoms with Crippen molar-refractivity contribution < 1.29 is 14.3 Å². The van der Waals surface area contributed by atoms with Gasteiger partial charge < -0.3 is 14.3 Å². The van der Waals surface area contributed by atoms with E-state index in [1.54, 1.807) is 0 Å². The third-order valence-corrected chi connectivity index (χ3v) is 13.7. The van der Waals surface area contributed by atoms with Gasteiger partial charge in [0, 0.05) is 12.5 Å². The summed E-state index contributed by atoms with van der Waals surface area (Å²) in [6.07, 6.45) is 11.1. The lowest BCUT2D eigenvalue weighted by atomic mass is 9.56. The van der Waals surface area contributed by atoms with E-state index in [-0.39, 0.29) is 15.9 Å². The van der Waals surface area contributed by atoms with Crippen molar-refractivity contribution in [2.45, 2.75) is 136 Å². The van der Waals surface area contributed by atoms with Crippen molar-refractivity contribution in [3.63, 3.8) is 0 Å². The molecular formula is C26H50O3Si. The molecule has 0 heterocycles. The highest BCUT2D eigenvalue weighted by Crippen LogP contribution is 2.63. The molecule has 4 heteroatoms. The SMILES string of the molecule is CC(C)(O)CCC[C@](C)(CC=O)[C@H]1CCC2[C@@H](O[Si](C)(C)C(C)(C)C)CCC[C@@]21C. The molecule has 0 aliphatic heterocycles. The Morgan fingerprint density at radius 2 is 1.70 bits per heavy atom. The van der Waals surface area contributed by atoms with Crippen LogP contribution in [0.1, 0.15) is 106 Å². The third-order valence-electron chi connectivity index (χ3n) is 9.24. The van der Waals surface area contributed by atoms with Crippen LogP contribution in [0.25, 0.3) is 0 Å². The van der Waals surface area contributed by atoms with Gasteiger partial charge in [-0.15, -0.1) is 0 Å². The van der Waals surface area contributed by atoms with Crippen LogP contribution < -0.4 is 0 Å². The topological polar surface area (TPSA) is 46.5 Å². The molecule has 2 aliphatic rings. The van der Waals surface area contributed by atoms with Crippen molar-refractivity contribution in [2.75, 3.05) is 0 Å². The fourth-order valence-electron chi connectivity index (χ4n) is 6.49. The van der Waals surface area contributed by atoms with Crippen LogP contribution in [0, 0.1) is 22.7 Å². The maximum Gasteiger partial charge on any atom is 0.192 e. The molecule has 176 valence electrons. The highest BCUT2D eigenvalue weighted by Gasteiger charge is 2.57. The minimum absolute atomic E-state index is 0.0232. The molecule has 2 fully saturated rings. The van der Waals surface area contributed by atoms with Gasteiger partial charge in [-0.25, -0.2) is 0 Å². The Kier molecular flexibility index (Phi) is 7.80. The van der Waals surface area contributed by atoms with E-state index < -0.39 is 13.9 Å². The Bertz CT molecular complexity index is 588. The van der Waals surface area contributed by atoms with Gasteiger partial charge in [0.2, 0.25) is 0 Å². The van der Waals surface area contributed by atoms with Crippen LogP contribution >= 0.6 is 0 Å². The molecule has 0 aromatic carbocycles. The van der Waals surface area contributed by atoms with Gasteiger partial charge in [0.15, 0.2) is 8.32 Å². The molecule has 2 rings (SSSR count). The van der Waals surface area contributed by atoms with E-state index in [0.717, 1.165) is 25.5 Å². The van der Waals surface area contributed by atoms with Crippen molar-refractivity contribution in [3.05, 3.63) is 0 Å². The van der Waals surface area contributed by atoms with Gasteiger partial charge in [0.25, 0.3) is 0 Å². The summed E-state index contributed by atoms with van der Waals surface area (Å²) in [5, 5.41) is 10.4. The van der Waals surface area contributed by atoms with Crippen LogP contribution in [0.5, 0.6) is 0 Å². The minimum atomic E-state index is -1.79. The molecule has 5 atom stereocenters. The number of hydrogen-bond donors (Lipinski definition) is 1. The standard InChI is InChI=1S/C26H50O3Si/c1-23(2,3)30(8,9)29-21-12-10-17-26(7)20(21)13-14-22(26)25(6,18-19-27)16-11-15-24(4,5)28/h19-22,28H,10-18H2,1-9H3/t20?,21-,22+,25+,26-/m0/s1. The van der Waals surface area contributed by atoms with E-state index in [1.807, 2.05) is 13.8 Å². The Morgan fingerprint density at radius 1 is 1.07 bits per heavy atom. The van der Waals surface area contributed by atoms with Crippen LogP contribution in [-0.2, 0) is 9.22 Å². The summed E-state index contributed by atoms with van der Waals surface area (Å²) in [6, 6.07) is 0. The second kappa shape index (κ2) is 8.98. The molecule has 0 saturated heterocycles. The smallest absolute Gasteiger partial charge is 0.192 e. The van der Waals surface area contributed by atoms with Crippen molar-refractivity contribution in [1.82, 2.24) is 0 Å². The summed E-state index contributed by atoms with van der Waals surface area (Å²) in [5.41, 5.74) is -0.343. The lowest BCUT2D eigenvalue weighted by molar-refractivity contribution is -0.112. The number of aliphatic hydroxyl groups is 1. The summed E-state index contributed by atoms with van der Waals surface area (Å²) >= 11 is 0. The molecule has 0 radical (unpaired) electrons. The summed E-state index contributed by atoms with van der Waals surface area (Å²) in [4.78, 5) is 11.7. The number of carbonyl (C=O) groups excluding carboxylic acids is 1.